The minimum absolute atomic E-state index is 0.00206. The van der Waals surface area contributed by atoms with Gasteiger partial charge in [0.15, 0.2) is 0 Å². The highest BCUT2D eigenvalue weighted by molar-refractivity contribution is 6.30. The summed E-state index contributed by atoms with van der Waals surface area (Å²) in [4.78, 5) is 17.7. The number of piperidine rings is 1. The first-order chi connectivity index (χ1) is 13.6. The molecule has 4 nitrogen and oxygen atoms in total. The molecule has 2 aromatic rings. The van der Waals surface area contributed by atoms with Gasteiger partial charge in [0.05, 0.1) is 12.7 Å². The topological polar surface area (TPSA) is 32.8 Å². The van der Waals surface area contributed by atoms with E-state index in [0.29, 0.717) is 29.4 Å². The van der Waals surface area contributed by atoms with E-state index in [0.717, 1.165) is 31.1 Å². The average Bonchev–Trinajstić information content (AvgIpc) is 2.73. The number of rotatable bonds is 7. The third-order valence-corrected chi connectivity index (χ3v) is 5.73. The molecular formula is C23H29ClN2O2. The quantitative estimate of drug-likeness (QED) is 0.674. The van der Waals surface area contributed by atoms with Gasteiger partial charge >= 0.3 is 0 Å². The maximum absolute atomic E-state index is 13.3. The molecule has 0 N–H and O–H groups in total. The molecule has 0 bridgehead atoms. The molecule has 28 heavy (non-hydrogen) atoms. The summed E-state index contributed by atoms with van der Waals surface area (Å²) in [5.41, 5.74) is 1.67. The molecule has 1 amide bonds. The lowest BCUT2D eigenvalue weighted by atomic mass is 9.99. The lowest BCUT2D eigenvalue weighted by molar-refractivity contribution is 0.0706. The Labute approximate surface area is 173 Å². The van der Waals surface area contributed by atoms with E-state index in [2.05, 4.69) is 11.8 Å². The lowest BCUT2D eigenvalue weighted by Crippen LogP contribution is -2.41. The molecule has 0 aliphatic carbocycles. The molecule has 0 spiro atoms. The molecule has 1 aliphatic heterocycles. The minimum Gasteiger partial charge on any atom is -0.496 e. The standard InChI is InChI=1S/C23H29ClN2O2/c1-18-11-13-25(14-12-18)15-16-26(17-19-7-9-20(24)10-8-19)23(27)21-5-3-4-6-22(21)28-2/h3-10,18H,11-17H2,1-2H3. The Bertz CT molecular complexity index is 770. The highest BCUT2D eigenvalue weighted by Crippen LogP contribution is 2.22. The van der Waals surface area contributed by atoms with Crippen molar-refractivity contribution in [2.75, 3.05) is 33.3 Å². The summed E-state index contributed by atoms with van der Waals surface area (Å²) >= 11 is 6.02. The molecule has 0 radical (unpaired) electrons. The fourth-order valence-electron chi connectivity index (χ4n) is 3.60. The smallest absolute Gasteiger partial charge is 0.257 e. The predicted molar refractivity (Wildman–Crippen MR) is 114 cm³/mol. The SMILES string of the molecule is COc1ccccc1C(=O)N(CCN1CCC(C)CC1)Cc1ccc(Cl)cc1. The van der Waals surface area contributed by atoms with E-state index in [4.69, 9.17) is 16.3 Å². The number of para-hydroxylation sites is 1. The van der Waals surface area contributed by atoms with Gasteiger partial charge in [0, 0.05) is 24.7 Å². The molecule has 3 rings (SSSR count). The summed E-state index contributed by atoms with van der Waals surface area (Å²) in [6, 6.07) is 15.1. The number of hydrogen-bond acceptors (Lipinski definition) is 3. The number of carbonyl (C=O) groups excluding carboxylic acids is 1. The number of benzene rings is 2. The van der Waals surface area contributed by atoms with Crippen molar-refractivity contribution < 1.29 is 9.53 Å². The molecule has 5 heteroatoms. The van der Waals surface area contributed by atoms with Gasteiger partial charge in [-0.3, -0.25) is 4.79 Å². The fraction of sp³-hybridized carbons (Fsp3) is 0.435. The van der Waals surface area contributed by atoms with Crippen LogP contribution in [0, 0.1) is 5.92 Å². The molecule has 0 saturated carbocycles. The van der Waals surface area contributed by atoms with Crippen LogP contribution in [-0.2, 0) is 6.54 Å². The third kappa shape index (κ3) is 5.49. The Morgan fingerprint density at radius 1 is 1.14 bits per heavy atom. The summed E-state index contributed by atoms with van der Waals surface area (Å²) in [5.74, 6) is 1.41. The maximum Gasteiger partial charge on any atom is 0.257 e. The van der Waals surface area contributed by atoms with Crippen molar-refractivity contribution in [1.29, 1.82) is 0 Å². The van der Waals surface area contributed by atoms with Crippen molar-refractivity contribution in [1.82, 2.24) is 9.80 Å². The summed E-state index contributed by atoms with van der Waals surface area (Å²) in [7, 11) is 1.60. The van der Waals surface area contributed by atoms with Crippen LogP contribution in [0.25, 0.3) is 0 Å². The van der Waals surface area contributed by atoms with Gasteiger partial charge in [-0.05, 0) is 61.7 Å². The Hall–Kier alpha value is -2.04. The molecule has 1 heterocycles. The number of ether oxygens (including phenoxy) is 1. The van der Waals surface area contributed by atoms with Crippen LogP contribution in [0.4, 0.5) is 0 Å². The van der Waals surface area contributed by atoms with Crippen molar-refractivity contribution in [2.45, 2.75) is 26.3 Å². The van der Waals surface area contributed by atoms with Gasteiger partial charge in [-0.25, -0.2) is 0 Å². The maximum atomic E-state index is 13.3. The van der Waals surface area contributed by atoms with E-state index >= 15 is 0 Å². The molecule has 0 unspecified atom stereocenters. The molecular weight excluding hydrogens is 372 g/mol. The highest BCUT2D eigenvalue weighted by atomic mass is 35.5. The van der Waals surface area contributed by atoms with Gasteiger partial charge in [-0.15, -0.1) is 0 Å². The van der Waals surface area contributed by atoms with Gasteiger partial charge in [0.1, 0.15) is 5.75 Å². The number of carbonyl (C=O) groups is 1. The zero-order valence-corrected chi connectivity index (χ0v) is 17.5. The van der Waals surface area contributed by atoms with E-state index < -0.39 is 0 Å². The monoisotopic (exact) mass is 400 g/mol. The molecule has 1 aliphatic rings. The van der Waals surface area contributed by atoms with E-state index in [1.54, 1.807) is 7.11 Å². The molecule has 2 aromatic carbocycles. The highest BCUT2D eigenvalue weighted by Gasteiger charge is 2.22. The van der Waals surface area contributed by atoms with Crippen LogP contribution in [0.3, 0.4) is 0 Å². The first-order valence-corrected chi connectivity index (χ1v) is 10.3. The van der Waals surface area contributed by atoms with Crippen LogP contribution in [0.1, 0.15) is 35.7 Å². The number of halogens is 1. The summed E-state index contributed by atoms with van der Waals surface area (Å²) in [6.07, 6.45) is 2.47. The van der Waals surface area contributed by atoms with Crippen LogP contribution in [0.5, 0.6) is 5.75 Å². The summed E-state index contributed by atoms with van der Waals surface area (Å²) in [6.45, 7) is 6.67. The molecule has 0 atom stereocenters. The molecule has 0 aromatic heterocycles. The number of likely N-dealkylation sites (tertiary alicyclic amines) is 1. The third-order valence-electron chi connectivity index (χ3n) is 5.47. The lowest BCUT2D eigenvalue weighted by Gasteiger charge is -2.32. The van der Waals surface area contributed by atoms with E-state index in [1.165, 1.54) is 12.8 Å². The van der Waals surface area contributed by atoms with Gasteiger partial charge in [0.25, 0.3) is 5.91 Å². The van der Waals surface area contributed by atoms with Crippen LogP contribution >= 0.6 is 11.6 Å². The Kier molecular flexibility index (Phi) is 7.35. The van der Waals surface area contributed by atoms with Gasteiger partial charge in [-0.2, -0.15) is 0 Å². The second kappa shape index (κ2) is 9.94. The fourth-order valence-corrected chi connectivity index (χ4v) is 3.73. The van der Waals surface area contributed by atoms with Crippen molar-refractivity contribution in [3.63, 3.8) is 0 Å². The van der Waals surface area contributed by atoms with Gasteiger partial charge < -0.3 is 14.5 Å². The van der Waals surface area contributed by atoms with E-state index in [9.17, 15) is 4.79 Å². The van der Waals surface area contributed by atoms with E-state index in [-0.39, 0.29) is 5.91 Å². The first kappa shape index (κ1) is 20.7. The van der Waals surface area contributed by atoms with Crippen molar-refractivity contribution >= 4 is 17.5 Å². The molecule has 150 valence electrons. The second-order valence-corrected chi connectivity index (χ2v) is 8.01. The number of methoxy groups -OCH3 is 1. The minimum atomic E-state index is -0.00206. The van der Waals surface area contributed by atoms with Crippen LogP contribution < -0.4 is 4.74 Å². The molecule has 1 fully saturated rings. The Morgan fingerprint density at radius 3 is 2.50 bits per heavy atom. The first-order valence-electron chi connectivity index (χ1n) is 9.96. The van der Waals surface area contributed by atoms with Crippen LogP contribution in [0.15, 0.2) is 48.5 Å². The average molecular weight is 401 g/mol. The number of amides is 1. The Morgan fingerprint density at radius 2 is 1.82 bits per heavy atom. The van der Waals surface area contributed by atoms with Crippen LogP contribution in [-0.4, -0.2) is 49.0 Å². The number of nitrogens with zero attached hydrogens (tertiary/aromatic N) is 2. The predicted octanol–water partition coefficient (Wildman–Crippen LogP) is 4.72. The second-order valence-electron chi connectivity index (χ2n) is 7.58. The largest absolute Gasteiger partial charge is 0.496 e. The zero-order chi connectivity index (χ0) is 19.9. The summed E-state index contributed by atoms with van der Waals surface area (Å²) < 4.78 is 5.41. The summed E-state index contributed by atoms with van der Waals surface area (Å²) in [5, 5.41) is 0.703. The number of hydrogen-bond donors (Lipinski definition) is 0. The van der Waals surface area contributed by atoms with Crippen molar-refractivity contribution in [3.05, 3.63) is 64.7 Å². The van der Waals surface area contributed by atoms with E-state index in [1.807, 2.05) is 53.4 Å². The van der Waals surface area contributed by atoms with Crippen molar-refractivity contribution in [3.8, 4) is 5.75 Å². The Balaban J connectivity index is 1.75. The van der Waals surface area contributed by atoms with Gasteiger partial charge in [0.2, 0.25) is 0 Å². The van der Waals surface area contributed by atoms with Crippen LogP contribution in [0.2, 0.25) is 5.02 Å². The van der Waals surface area contributed by atoms with Gasteiger partial charge in [-0.1, -0.05) is 42.8 Å². The van der Waals surface area contributed by atoms with Crippen molar-refractivity contribution in [2.24, 2.45) is 5.92 Å². The zero-order valence-electron chi connectivity index (χ0n) is 16.7. The normalized spacial score (nSPS) is 15.4. The molecule has 1 saturated heterocycles.